The molecule has 0 amide bonds. The Hall–Kier alpha value is -1.51. The van der Waals surface area contributed by atoms with Crippen molar-refractivity contribution in [2.75, 3.05) is 6.61 Å². The first-order chi connectivity index (χ1) is 9.27. The monoisotopic (exact) mass is 302 g/mol. The van der Waals surface area contributed by atoms with Crippen molar-refractivity contribution in [3.8, 4) is 0 Å². The van der Waals surface area contributed by atoms with Crippen molar-refractivity contribution in [2.24, 2.45) is 5.92 Å². The van der Waals surface area contributed by atoms with E-state index < -0.39 is 21.0 Å². The molecule has 0 spiro atoms. The van der Waals surface area contributed by atoms with Gasteiger partial charge in [-0.25, -0.2) is 13.1 Å². The number of nitrogens with one attached hydrogen (secondary N) is 1. The van der Waals surface area contributed by atoms with Gasteiger partial charge in [0.05, 0.1) is 9.82 Å². The maximum atomic E-state index is 12.2. The number of hydrogen-bond acceptors (Lipinski definition) is 5. The average molecular weight is 302 g/mol. The molecule has 0 aliphatic rings. The topological polar surface area (TPSA) is 110 Å². The van der Waals surface area contributed by atoms with Gasteiger partial charge in [0.25, 0.3) is 5.69 Å². The molecule has 0 fully saturated rings. The molecule has 0 radical (unpaired) electrons. The Labute approximate surface area is 117 Å². The van der Waals surface area contributed by atoms with Crippen LogP contribution < -0.4 is 4.72 Å². The quantitative estimate of drug-likeness (QED) is 0.582. The Morgan fingerprint density at radius 3 is 2.55 bits per heavy atom. The lowest BCUT2D eigenvalue weighted by Gasteiger charge is -2.21. The highest BCUT2D eigenvalue weighted by atomic mass is 32.2. The van der Waals surface area contributed by atoms with Crippen LogP contribution in [0.1, 0.15) is 20.3 Å². The molecule has 8 heteroatoms. The van der Waals surface area contributed by atoms with Gasteiger partial charge in [0.2, 0.25) is 10.0 Å². The van der Waals surface area contributed by atoms with E-state index in [1.807, 2.05) is 13.8 Å². The smallest absolute Gasteiger partial charge is 0.270 e. The lowest BCUT2D eigenvalue weighted by molar-refractivity contribution is -0.385. The van der Waals surface area contributed by atoms with E-state index in [1.165, 1.54) is 18.2 Å². The highest BCUT2D eigenvalue weighted by Crippen LogP contribution is 2.18. The van der Waals surface area contributed by atoms with E-state index in [0.29, 0.717) is 0 Å². The zero-order valence-electron chi connectivity index (χ0n) is 11.3. The van der Waals surface area contributed by atoms with Crippen molar-refractivity contribution in [3.05, 3.63) is 34.4 Å². The molecule has 2 N–H and O–H groups in total. The van der Waals surface area contributed by atoms with Crippen LogP contribution in [0.5, 0.6) is 0 Å². The number of aliphatic hydroxyl groups excluding tert-OH is 1. The van der Waals surface area contributed by atoms with E-state index in [9.17, 15) is 18.5 Å². The van der Waals surface area contributed by atoms with Gasteiger partial charge in [0.15, 0.2) is 0 Å². The van der Waals surface area contributed by atoms with Crippen LogP contribution in [0.4, 0.5) is 5.69 Å². The van der Waals surface area contributed by atoms with Gasteiger partial charge >= 0.3 is 0 Å². The molecule has 0 aliphatic carbocycles. The third kappa shape index (κ3) is 4.26. The molecule has 1 atom stereocenters. The van der Waals surface area contributed by atoms with Crippen LogP contribution in [0, 0.1) is 16.0 Å². The number of aliphatic hydroxyl groups is 1. The largest absolute Gasteiger partial charge is 0.396 e. The molecular weight excluding hydrogens is 284 g/mol. The highest BCUT2D eigenvalue weighted by Gasteiger charge is 2.23. The second-order valence-corrected chi connectivity index (χ2v) is 6.45. The maximum Gasteiger partial charge on any atom is 0.270 e. The van der Waals surface area contributed by atoms with Gasteiger partial charge in [-0.1, -0.05) is 19.9 Å². The highest BCUT2D eigenvalue weighted by molar-refractivity contribution is 7.89. The van der Waals surface area contributed by atoms with Crippen molar-refractivity contribution in [1.29, 1.82) is 0 Å². The summed E-state index contributed by atoms with van der Waals surface area (Å²) in [6.45, 7) is 3.52. The van der Waals surface area contributed by atoms with Crippen molar-refractivity contribution < 1.29 is 18.4 Å². The van der Waals surface area contributed by atoms with Gasteiger partial charge in [0.1, 0.15) is 0 Å². The van der Waals surface area contributed by atoms with Gasteiger partial charge < -0.3 is 5.11 Å². The van der Waals surface area contributed by atoms with Crippen LogP contribution in [0.25, 0.3) is 0 Å². The lowest BCUT2D eigenvalue weighted by atomic mass is 10.0. The maximum absolute atomic E-state index is 12.2. The summed E-state index contributed by atoms with van der Waals surface area (Å²) in [6, 6.07) is 4.43. The molecule has 1 aromatic rings. The van der Waals surface area contributed by atoms with E-state index in [0.717, 1.165) is 6.07 Å². The average Bonchev–Trinajstić information content (AvgIpc) is 2.38. The van der Waals surface area contributed by atoms with Crippen LogP contribution in [0.3, 0.4) is 0 Å². The minimum Gasteiger partial charge on any atom is -0.396 e. The van der Waals surface area contributed by atoms with Crippen molar-refractivity contribution in [3.63, 3.8) is 0 Å². The van der Waals surface area contributed by atoms with Gasteiger partial charge in [-0.2, -0.15) is 0 Å². The standard InChI is InChI=1S/C12H18N2O5S/c1-9(2)12(6-7-15)13-20(18,19)11-5-3-4-10(8-11)14(16)17/h3-5,8-9,12-13,15H,6-7H2,1-2H3. The molecule has 7 nitrogen and oxygen atoms in total. The second-order valence-electron chi connectivity index (χ2n) is 4.74. The molecule has 1 rings (SSSR count). The third-order valence-corrected chi connectivity index (χ3v) is 4.38. The fourth-order valence-corrected chi connectivity index (χ4v) is 3.16. The van der Waals surface area contributed by atoms with Gasteiger partial charge in [-0.05, 0) is 18.4 Å². The summed E-state index contributed by atoms with van der Waals surface area (Å²) in [7, 11) is -3.85. The molecule has 20 heavy (non-hydrogen) atoms. The summed E-state index contributed by atoms with van der Waals surface area (Å²) < 4.78 is 26.8. The summed E-state index contributed by atoms with van der Waals surface area (Å²) in [5, 5.41) is 19.6. The fourth-order valence-electron chi connectivity index (χ4n) is 1.70. The summed E-state index contributed by atoms with van der Waals surface area (Å²) in [5.74, 6) is -0.00405. The number of nitro groups is 1. The normalized spacial score (nSPS) is 13.4. The minimum absolute atomic E-state index is 0.00405. The van der Waals surface area contributed by atoms with Crippen molar-refractivity contribution >= 4 is 15.7 Å². The summed E-state index contributed by atoms with van der Waals surface area (Å²) in [4.78, 5) is 9.87. The number of nitrogens with zero attached hydrogens (tertiary/aromatic N) is 1. The minimum atomic E-state index is -3.85. The molecule has 0 aliphatic heterocycles. The predicted molar refractivity (Wildman–Crippen MR) is 73.7 cm³/mol. The second kappa shape index (κ2) is 6.78. The first-order valence-corrected chi connectivity index (χ1v) is 7.64. The number of hydrogen-bond donors (Lipinski definition) is 2. The fraction of sp³-hybridized carbons (Fsp3) is 0.500. The third-order valence-electron chi connectivity index (χ3n) is 2.89. The molecule has 0 bridgehead atoms. The Kier molecular flexibility index (Phi) is 5.61. The van der Waals surface area contributed by atoms with Gasteiger partial charge in [0, 0.05) is 24.8 Å². The molecule has 1 aromatic carbocycles. The van der Waals surface area contributed by atoms with E-state index in [4.69, 9.17) is 5.11 Å². The molecule has 0 heterocycles. The molecule has 0 saturated carbocycles. The molecule has 0 aromatic heterocycles. The van der Waals surface area contributed by atoms with E-state index in [1.54, 1.807) is 0 Å². The number of rotatable bonds is 7. The van der Waals surface area contributed by atoms with Gasteiger partial charge in [-0.3, -0.25) is 10.1 Å². The Morgan fingerprint density at radius 2 is 2.05 bits per heavy atom. The number of benzene rings is 1. The van der Waals surface area contributed by atoms with Crippen molar-refractivity contribution in [2.45, 2.75) is 31.2 Å². The Bertz CT molecular complexity index is 571. The van der Waals surface area contributed by atoms with Crippen LogP contribution >= 0.6 is 0 Å². The zero-order valence-corrected chi connectivity index (χ0v) is 12.1. The van der Waals surface area contributed by atoms with E-state index in [2.05, 4.69) is 4.72 Å². The van der Waals surface area contributed by atoms with Crippen LogP contribution in [0.15, 0.2) is 29.2 Å². The van der Waals surface area contributed by atoms with E-state index in [-0.39, 0.29) is 29.5 Å². The Balaban J connectivity index is 3.04. The number of non-ortho nitro benzene ring substituents is 1. The lowest BCUT2D eigenvalue weighted by Crippen LogP contribution is -2.39. The van der Waals surface area contributed by atoms with Crippen LogP contribution in [-0.2, 0) is 10.0 Å². The summed E-state index contributed by atoms with van der Waals surface area (Å²) in [6.07, 6.45) is 0.284. The SMILES string of the molecule is CC(C)C(CCO)NS(=O)(=O)c1cccc([N+](=O)[O-])c1. The van der Waals surface area contributed by atoms with E-state index >= 15 is 0 Å². The van der Waals surface area contributed by atoms with Gasteiger partial charge in [-0.15, -0.1) is 0 Å². The van der Waals surface area contributed by atoms with Crippen LogP contribution in [0.2, 0.25) is 0 Å². The number of sulfonamides is 1. The first-order valence-electron chi connectivity index (χ1n) is 6.15. The predicted octanol–water partition coefficient (Wildman–Crippen LogP) is 1.28. The summed E-state index contributed by atoms with van der Waals surface area (Å²) in [5.41, 5.74) is -0.281. The zero-order chi connectivity index (χ0) is 15.3. The molecule has 112 valence electrons. The number of nitro benzene ring substituents is 1. The van der Waals surface area contributed by atoms with Crippen LogP contribution in [-0.4, -0.2) is 31.1 Å². The first kappa shape index (κ1) is 16.5. The molecule has 1 unspecified atom stereocenters. The Morgan fingerprint density at radius 1 is 1.40 bits per heavy atom. The summed E-state index contributed by atoms with van der Waals surface area (Å²) >= 11 is 0. The molecule has 0 saturated heterocycles. The molecular formula is C12H18N2O5S. The van der Waals surface area contributed by atoms with Crippen molar-refractivity contribution in [1.82, 2.24) is 4.72 Å².